The number of amides is 4. The average molecular weight is 579 g/mol. The number of hydrogen-bond acceptors (Lipinski definition) is 6. The smallest absolute Gasteiger partial charge is 0.410 e. The van der Waals surface area contributed by atoms with Gasteiger partial charge in [0.1, 0.15) is 23.3 Å². The molecular formula is C32H42N4O6. The number of carbonyl (C=O) groups excluding carboxylic acids is 4. The second-order valence-corrected chi connectivity index (χ2v) is 12.8. The molecule has 2 aliphatic heterocycles. The lowest BCUT2D eigenvalue weighted by molar-refractivity contribution is -0.121. The largest absolute Gasteiger partial charge is 0.444 e. The van der Waals surface area contributed by atoms with Crippen molar-refractivity contribution in [1.29, 1.82) is 0 Å². The molecular weight excluding hydrogens is 536 g/mol. The Hall–Kier alpha value is -4.08. The number of likely N-dealkylation sites (tertiary alicyclic amines) is 2. The Labute approximate surface area is 247 Å². The molecule has 2 atom stereocenters. The second-order valence-electron chi connectivity index (χ2n) is 12.8. The standard InChI is InChI=1S/C32H42N4O6/c1-31(2,3)41-29(39)35-19-7-9-25(35)27(37)33-23-15-11-21(12-16-23)22-13-17-24(18-14-22)34-28(38)26-10-8-20-36(26)30(40)42-32(4,5)6/h11-18,25-26H,7-10,19-20H2,1-6H3,(H,33,37)(H,34,38)/t25-,26-/m0/s1. The molecule has 2 fully saturated rings. The second kappa shape index (κ2) is 12.4. The van der Waals surface area contributed by atoms with Gasteiger partial charge >= 0.3 is 12.2 Å². The van der Waals surface area contributed by atoms with Gasteiger partial charge in [0.2, 0.25) is 11.8 Å². The molecule has 2 N–H and O–H groups in total. The van der Waals surface area contributed by atoms with Gasteiger partial charge in [-0.15, -0.1) is 0 Å². The molecule has 0 bridgehead atoms. The van der Waals surface area contributed by atoms with E-state index in [1.165, 1.54) is 9.80 Å². The van der Waals surface area contributed by atoms with E-state index < -0.39 is 35.5 Å². The van der Waals surface area contributed by atoms with E-state index in [1.54, 1.807) is 41.5 Å². The number of hydrogen-bond donors (Lipinski definition) is 2. The predicted octanol–water partition coefficient (Wildman–Crippen LogP) is 6.03. The first kappa shape index (κ1) is 30.9. The van der Waals surface area contributed by atoms with Crippen LogP contribution in [0.25, 0.3) is 11.1 Å². The van der Waals surface area contributed by atoms with E-state index in [4.69, 9.17) is 9.47 Å². The Balaban J connectivity index is 1.33. The van der Waals surface area contributed by atoms with Gasteiger partial charge in [-0.1, -0.05) is 24.3 Å². The SMILES string of the molecule is CC(C)(C)OC(=O)N1CCC[C@H]1C(=O)Nc1ccc(-c2ccc(NC(=O)[C@@H]3CCCN3C(=O)OC(C)(C)C)cc2)cc1. The lowest BCUT2D eigenvalue weighted by Gasteiger charge is -2.28. The molecule has 0 aromatic heterocycles. The van der Waals surface area contributed by atoms with Gasteiger partial charge < -0.3 is 20.1 Å². The van der Waals surface area contributed by atoms with Crippen LogP contribution in [0.4, 0.5) is 21.0 Å². The van der Waals surface area contributed by atoms with Crippen LogP contribution in [0.5, 0.6) is 0 Å². The number of carbonyl (C=O) groups is 4. The summed E-state index contributed by atoms with van der Waals surface area (Å²) in [4.78, 5) is 54.0. The van der Waals surface area contributed by atoms with Crippen LogP contribution in [0.2, 0.25) is 0 Å². The third-order valence-electron chi connectivity index (χ3n) is 7.01. The summed E-state index contributed by atoms with van der Waals surface area (Å²) in [6.07, 6.45) is 1.72. The summed E-state index contributed by atoms with van der Waals surface area (Å²) in [5.41, 5.74) is 1.89. The molecule has 2 aromatic rings. The van der Waals surface area contributed by atoms with Crippen LogP contribution < -0.4 is 10.6 Å². The molecule has 0 radical (unpaired) electrons. The van der Waals surface area contributed by atoms with Crippen molar-refractivity contribution in [3.05, 3.63) is 48.5 Å². The minimum Gasteiger partial charge on any atom is -0.444 e. The number of benzene rings is 2. The van der Waals surface area contributed by atoms with Gasteiger partial charge in [-0.2, -0.15) is 0 Å². The quantitative estimate of drug-likeness (QED) is 0.448. The Morgan fingerprint density at radius 2 is 0.952 bits per heavy atom. The van der Waals surface area contributed by atoms with Crippen LogP contribution in [0.1, 0.15) is 67.2 Å². The summed E-state index contributed by atoms with van der Waals surface area (Å²) in [6, 6.07) is 13.8. The van der Waals surface area contributed by atoms with Gasteiger partial charge in [0.05, 0.1) is 0 Å². The third-order valence-corrected chi connectivity index (χ3v) is 7.01. The van der Waals surface area contributed by atoms with E-state index in [1.807, 2.05) is 48.5 Å². The third kappa shape index (κ3) is 8.02. The highest BCUT2D eigenvalue weighted by Gasteiger charge is 2.37. The van der Waals surface area contributed by atoms with E-state index in [0.29, 0.717) is 37.3 Å². The Morgan fingerprint density at radius 3 is 1.26 bits per heavy atom. The minimum atomic E-state index is -0.626. The van der Waals surface area contributed by atoms with Gasteiger partial charge in [0, 0.05) is 24.5 Å². The molecule has 2 aliphatic rings. The van der Waals surface area contributed by atoms with Crippen LogP contribution in [-0.4, -0.2) is 70.2 Å². The van der Waals surface area contributed by atoms with Crippen molar-refractivity contribution in [1.82, 2.24) is 9.80 Å². The fraction of sp³-hybridized carbons (Fsp3) is 0.500. The zero-order chi connectivity index (χ0) is 30.7. The lowest BCUT2D eigenvalue weighted by atomic mass is 10.0. The Bertz CT molecular complexity index is 1190. The van der Waals surface area contributed by atoms with Gasteiger partial charge in [-0.25, -0.2) is 9.59 Å². The van der Waals surface area contributed by atoms with E-state index in [0.717, 1.165) is 24.0 Å². The highest BCUT2D eigenvalue weighted by atomic mass is 16.6. The number of nitrogens with zero attached hydrogens (tertiary/aromatic N) is 2. The molecule has 4 rings (SSSR count). The van der Waals surface area contributed by atoms with E-state index in [-0.39, 0.29) is 11.8 Å². The molecule has 2 saturated heterocycles. The van der Waals surface area contributed by atoms with Crippen molar-refractivity contribution in [3.8, 4) is 11.1 Å². The topological polar surface area (TPSA) is 117 Å². The number of rotatable bonds is 5. The van der Waals surface area contributed by atoms with Crippen molar-refractivity contribution in [2.24, 2.45) is 0 Å². The van der Waals surface area contributed by atoms with Gasteiger partial charge in [-0.3, -0.25) is 19.4 Å². The Kier molecular flexibility index (Phi) is 9.13. The van der Waals surface area contributed by atoms with Crippen molar-refractivity contribution >= 4 is 35.4 Å². The average Bonchev–Trinajstić information content (AvgIpc) is 3.58. The zero-order valence-corrected chi connectivity index (χ0v) is 25.4. The van der Waals surface area contributed by atoms with Gasteiger partial charge in [0.15, 0.2) is 0 Å². The van der Waals surface area contributed by atoms with E-state index in [9.17, 15) is 19.2 Å². The predicted molar refractivity (Wildman–Crippen MR) is 161 cm³/mol. The van der Waals surface area contributed by atoms with Crippen molar-refractivity contribution in [2.75, 3.05) is 23.7 Å². The molecule has 226 valence electrons. The zero-order valence-electron chi connectivity index (χ0n) is 25.4. The first-order valence-corrected chi connectivity index (χ1v) is 14.5. The molecule has 42 heavy (non-hydrogen) atoms. The fourth-order valence-corrected chi connectivity index (χ4v) is 5.10. The van der Waals surface area contributed by atoms with Crippen LogP contribution in [0, 0.1) is 0 Å². The molecule has 0 spiro atoms. The monoisotopic (exact) mass is 578 g/mol. The van der Waals surface area contributed by atoms with E-state index in [2.05, 4.69) is 10.6 Å². The number of anilines is 2. The summed E-state index contributed by atoms with van der Waals surface area (Å²) in [5, 5.41) is 5.84. The molecule has 2 heterocycles. The van der Waals surface area contributed by atoms with Crippen LogP contribution in [-0.2, 0) is 19.1 Å². The van der Waals surface area contributed by atoms with Crippen molar-refractivity contribution < 1.29 is 28.7 Å². The van der Waals surface area contributed by atoms with Gasteiger partial charge in [-0.05, 0) is 103 Å². The summed E-state index contributed by atoms with van der Waals surface area (Å²) >= 11 is 0. The fourth-order valence-electron chi connectivity index (χ4n) is 5.10. The summed E-state index contributed by atoms with van der Waals surface area (Å²) in [5.74, 6) is -0.475. The van der Waals surface area contributed by atoms with Crippen LogP contribution in [0.3, 0.4) is 0 Å². The Morgan fingerprint density at radius 1 is 0.619 bits per heavy atom. The maximum atomic E-state index is 13.0. The van der Waals surface area contributed by atoms with Crippen LogP contribution >= 0.6 is 0 Å². The minimum absolute atomic E-state index is 0.237. The maximum absolute atomic E-state index is 13.0. The lowest BCUT2D eigenvalue weighted by Crippen LogP contribution is -2.45. The molecule has 2 aromatic carbocycles. The summed E-state index contributed by atoms with van der Waals surface area (Å²) in [6.45, 7) is 11.8. The van der Waals surface area contributed by atoms with Gasteiger partial charge in [0.25, 0.3) is 0 Å². The van der Waals surface area contributed by atoms with Crippen LogP contribution in [0.15, 0.2) is 48.5 Å². The van der Waals surface area contributed by atoms with Crippen molar-refractivity contribution in [2.45, 2.75) is 90.5 Å². The normalized spacial score (nSPS) is 18.9. The number of ether oxygens (including phenoxy) is 2. The maximum Gasteiger partial charge on any atom is 0.410 e. The highest BCUT2D eigenvalue weighted by molar-refractivity contribution is 5.98. The molecule has 10 nitrogen and oxygen atoms in total. The molecule has 0 saturated carbocycles. The first-order valence-electron chi connectivity index (χ1n) is 14.5. The summed E-state index contributed by atoms with van der Waals surface area (Å²) < 4.78 is 10.9. The molecule has 0 aliphatic carbocycles. The molecule has 4 amide bonds. The van der Waals surface area contributed by atoms with Crippen molar-refractivity contribution in [3.63, 3.8) is 0 Å². The van der Waals surface area contributed by atoms with E-state index >= 15 is 0 Å². The molecule has 0 unspecified atom stereocenters. The first-order chi connectivity index (χ1) is 19.7. The molecule has 10 heteroatoms. The number of nitrogens with one attached hydrogen (secondary N) is 2. The summed E-state index contributed by atoms with van der Waals surface area (Å²) in [7, 11) is 0. The highest BCUT2D eigenvalue weighted by Crippen LogP contribution is 2.27.